The normalized spacial score (nSPS) is 11.0. The molecule has 0 bridgehead atoms. The van der Waals surface area contributed by atoms with Crippen molar-refractivity contribution in [2.75, 3.05) is 5.32 Å². The fraction of sp³-hybridized carbons (Fsp3) is 0.200. The minimum absolute atomic E-state index is 0.0166. The Bertz CT molecular complexity index is 1230. The molecule has 0 atom stereocenters. The van der Waals surface area contributed by atoms with Crippen molar-refractivity contribution in [1.82, 2.24) is 30.3 Å². The summed E-state index contributed by atoms with van der Waals surface area (Å²) in [6, 6.07) is 7.56. The highest BCUT2D eigenvalue weighted by atomic mass is 32.2. The van der Waals surface area contributed by atoms with E-state index < -0.39 is 11.7 Å². The summed E-state index contributed by atoms with van der Waals surface area (Å²) >= 11 is 1.38. The topological polar surface area (TPSA) is 112 Å². The summed E-state index contributed by atoms with van der Waals surface area (Å²) in [6.45, 7) is 5.42. The molecule has 0 aliphatic carbocycles. The van der Waals surface area contributed by atoms with E-state index in [2.05, 4.69) is 31.0 Å². The highest BCUT2D eigenvalue weighted by molar-refractivity contribution is 7.98. The molecule has 3 aromatic heterocycles. The van der Waals surface area contributed by atoms with E-state index >= 15 is 0 Å². The van der Waals surface area contributed by atoms with E-state index in [1.165, 1.54) is 34.6 Å². The molecule has 1 N–H and O–H groups in total. The number of amides is 1. The van der Waals surface area contributed by atoms with Gasteiger partial charge in [0.2, 0.25) is 0 Å². The van der Waals surface area contributed by atoms with Crippen LogP contribution in [0.3, 0.4) is 0 Å². The molecule has 0 unspecified atom stereocenters. The van der Waals surface area contributed by atoms with Crippen LogP contribution in [0.15, 0.2) is 46.1 Å². The first-order valence-electron chi connectivity index (χ1n) is 9.30. The number of carbonyl (C=O) groups is 1. The second-order valence-corrected chi connectivity index (χ2v) is 7.67. The van der Waals surface area contributed by atoms with Gasteiger partial charge in [0, 0.05) is 17.5 Å². The zero-order valence-corrected chi connectivity index (χ0v) is 17.8. The molecule has 9 nitrogen and oxygen atoms in total. The van der Waals surface area contributed by atoms with Crippen molar-refractivity contribution < 1.29 is 13.7 Å². The van der Waals surface area contributed by atoms with Crippen molar-refractivity contribution in [3.05, 3.63) is 70.8 Å². The molecular weight excluding hydrogens is 421 g/mol. The van der Waals surface area contributed by atoms with Crippen LogP contribution in [0, 0.1) is 26.6 Å². The van der Waals surface area contributed by atoms with Gasteiger partial charge in [-0.3, -0.25) is 4.79 Å². The molecule has 0 saturated heterocycles. The first-order valence-corrected chi connectivity index (χ1v) is 10.3. The van der Waals surface area contributed by atoms with Gasteiger partial charge in [0.05, 0.1) is 22.6 Å². The molecule has 1 amide bonds. The minimum atomic E-state index is -0.573. The Hall–Kier alpha value is -3.60. The first-order chi connectivity index (χ1) is 14.9. The third kappa shape index (κ3) is 4.31. The summed E-state index contributed by atoms with van der Waals surface area (Å²) in [5.41, 5.74) is 2.63. The molecular formula is C20H18FN7O2S. The van der Waals surface area contributed by atoms with Crippen LogP contribution in [0.1, 0.15) is 33.2 Å². The number of pyridine rings is 1. The number of carbonyl (C=O) groups excluding carboxylic acids is 1. The summed E-state index contributed by atoms with van der Waals surface area (Å²) in [4.78, 5) is 17.3. The lowest BCUT2D eigenvalue weighted by Gasteiger charge is -2.11. The molecule has 158 valence electrons. The van der Waals surface area contributed by atoms with Crippen LogP contribution < -0.4 is 5.32 Å². The lowest BCUT2D eigenvalue weighted by Crippen LogP contribution is -2.15. The second kappa shape index (κ2) is 8.64. The molecule has 0 aliphatic heterocycles. The number of halogens is 1. The van der Waals surface area contributed by atoms with Crippen molar-refractivity contribution in [2.24, 2.45) is 0 Å². The Balaban J connectivity index is 1.56. The van der Waals surface area contributed by atoms with Crippen LogP contribution in [-0.2, 0) is 5.75 Å². The molecule has 0 radical (unpaired) electrons. The van der Waals surface area contributed by atoms with Crippen molar-refractivity contribution in [3.8, 4) is 5.69 Å². The fourth-order valence-electron chi connectivity index (χ4n) is 2.93. The molecule has 0 fully saturated rings. The summed E-state index contributed by atoms with van der Waals surface area (Å²) in [5, 5.41) is 18.4. The number of nitrogens with one attached hydrogen (secondary N) is 1. The van der Waals surface area contributed by atoms with Crippen LogP contribution in [-0.4, -0.2) is 36.3 Å². The largest absolute Gasteiger partial charge is 0.361 e. The highest BCUT2D eigenvalue weighted by Gasteiger charge is 2.17. The number of hydrogen-bond donors (Lipinski definition) is 1. The van der Waals surface area contributed by atoms with Crippen LogP contribution in [0.4, 0.5) is 10.1 Å². The van der Waals surface area contributed by atoms with Gasteiger partial charge in [-0.1, -0.05) is 5.16 Å². The molecule has 31 heavy (non-hydrogen) atoms. The number of anilines is 1. The standard InChI is InChI=1S/C20H18FN7O2S/c1-11-16(12(2)30-25-11)10-31-20-15(5-4-8-22-20)19(29)23-18-9-14(6-7-17(18)21)28-13(3)24-26-27-28/h4-9H,10H2,1-3H3,(H,23,29). The van der Waals surface area contributed by atoms with Gasteiger partial charge >= 0.3 is 0 Å². The zero-order chi connectivity index (χ0) is 22.0. The quantitative estimate of drug-likeness (QED) is 0.453. The zero-order valence-electron chi connectivity index (χ0n) is 17.0. The van der Waals surface area contributed by atoms with Gasteiger partial charge in [-0.25, -0.2) is 9.37 Å². The lowest BCUT2D eigenvalue weighted by molar-refractivity contribution is 0.102. The number of benzene rings is 1. The third-order valence-electron chi connectivity index (χ3n) is 4.62. The van der Waals surface area contributed by atoms with Gasteiger partial charge in [-0.15, -0.1) is 16.9 Å². The van der Waals surface area contributed by atoms with E-state index in [0.29, 0.717) is 27.9 Å². The Morgan fingerprint density at radius 2 is 2.10 bits per heavy atom. The Morgan fingerprint density at radius 1 is 1.26 bits per heavy atom. The third-order valence-corrected chi connectivity index (χ3v) is 5.65. The number of nitrogens with zero attached hydrogens (tertiary/aromatic N) is 6. The van der Waals surface area contributed by atoms with Gasteiger partial charge < -0.3 is 9.84 Å². The number of aromatic nitrogens is 6. The average molecular weight is 439 g/mol. The number of thioether (sulfide) groups is 1. The van der Waals surface area contributed by atoms with E-state index in [0.717, 1.165) is 17.0 Å². The van der Waals surface area contributed by atoms with Crippen LogP contribution >= 0.6 is 11.8 Å². The Labute approximate surface area is 181 Å². The molecule has 1 aromatic carbocycles. The van der Waals surface area contributed by atoms with E-state index in [4.69, 9.17) is 4.52 Å². The van der Waals surface area contributed by atoms with Gasteiger partial charge in [0.1, 0.15) is 16.6 Å². The van der Waals surface area contributed by atoms with E-state index in [1.807, 2.05) is 13.8 Å². The van der Waals surface area contributed by atoms with Gasteiger partial charge in [0.15, 0.2) is 5.82 Å². The average Bonchev–Trinajstić information content (AvgIpc) is 3.33. The van der Waals surface area contributed by atoms with Gasteiger partial charge in [-0.2, -0.15) is 4.68 Å². The Kier molecular flexibility index (Phi) is 5.76. The number of tetrazole rings is 1. The first kappa shape index (κ1) is 20.7. The van der Waals surface area contributed by atoms with Crippen molar-refractivity contribution in [1.29, 1.82) is 0 Å². The Morgan fingerprint density at radius 3 is 2.81 bits per heavy atom. The van der Waals surface area contributed by atoms with E-state index in [-0.39, 0.29) is 5.69 Å². The van der Waals surface area contributed by atoms with Crippen molar-refractivity contribution in [2.45, 2.75) is 31.6 Å². The van der Waals surface area contributed by atoms with Crippen molar-refractivity contribution in [3.63, 3.8) is 0 Å². The predicted molar refractivity (Wildman–Crippen MR) is 112 cm³/mol. The minimum Gasteiger partial charge on any atom is -0.361 e. The van der Waals surface area contributed by atoms with Crippen molar-refractivity contribution >= 4 is 23.4 Å². The molecule has 0 saturated carbocycles. The molecule has 4 aromatic rings. The lowest BCUT2D eigenvalue weighted by atomic mass is 10.2. The summed E-state index contributed by atoms with van der Waals surface area (Å²) in [6.07, 6.45) is 1.61. The highest BCUT2D eigenvalue weighted by Crippen LogP contribution is 2.28. The molecule has 0 spiro atoms. The SMILES string of the molecule is Cc1noc(C)c1CSc1ncccc1C(=O)Nc1cc(-n2nnnc2C)ccc1F. The number of hydrogen-bond acceptors (Lipinski definition) is 8. The van der Waals surface area contributed by atoms with E-state index in [9.17, 15) is 9.18 Å². The summed E-state index contributed by atoms with van der Waals surface area (Å²) < 4.78 is 21.0. The van der Waals surface area contributed by atoms with Crippen LogP contribution in [0.25, 0.3) is 5.69 Å². The summed E-state index contributed by atoms with van der Waals surface area (Å²) in [5.74, 6) is 0.759. The molecule has 11 heteroatoms. The molecule has 4 rings (SSSR count). The second-order valence-electron chi connectivity index (χ2n) is 6.70. The maximum Gasteiger partial charge on any atom is 0.258 e. The smallest absolute Gasteiger partial charge is 0.258 e. The van der Waals surface area contributed by atoms with Gasteiger partial charge in [-0.05, 0) is 61.5 Å². The predicted octanol–water partition coefficient (Wildman–Crippen LogP) is 3.65. The molecule has 3 heterocycles. The van der Waals surface area contributed by atoms with Gasteiger partial charge in [0.25, 0.3) is 5.91 Å². The van der Waals surface area contributed by atoms with Crippen LogP contribution in [0.2, 0.25) is 0 Å². The monoisotopic (exact) mass is 439 g/mol. The molecule has 0 aliphatic rings. The maximum absolute atomic E-state index is 14.4. The van der Waals surface area contributed by atoms with Crippen LogP contribution in [0.5, 0.6) is 0 Å². The fourth-order valence-corrected chi connectivity index (χ4v) is 4.07. The summed E-state index contributed by atoms with van der Waals surface area (Å²) in [7, 11) is 0. The maximum atomic E-state index is 14.4. The number of aryl methyl sites for hydroxylation is 3. The van der Waals surface area contributed by atoms with E-state index in [1.54, 1.807) is 25.3 Å². The number of rotatable bonds is 6.